The van der Waals surface area contributed by atoms with Crippen molar-refractivity contribution in [3.8, 4) is 5.75 Å². The van der Waals surface area contributed by atoms with E-state index in [0.29, 0.717) is 18.6 Å². The number of ether oxygens (including phenoxy) is 2. The van der Waals surface area contributed by atoms with Crippen molar-refractivity contribution in [3.05, 3.63) is 78.4 Å². The second kappa shape index (κ2) is 9.30. The fourth-order valence-corrected chi connectivity index (χ4v) is 2.24. The van der Waals surface area contributed by atoms with Gasteiger partial charge in [-0.3, -0.25) is 0 Å². The predicted molar refractivity (Wildman–Crippen MR) is 91.9 cm³/mol. The summed E-state index contributed by atoms with van der Waals surface area (Å²) >= 11 is 0. The third-order valence-corrected chi connectivity index (χ3v) is 3.37. The van der Waals surface area contributed by atoms with Crippen LogP contribution in [0.25, 0.3) is 0 Å². The second-order valence-electron chi connectivity index (χ2n) is 5.23. The highest BCUT2D eigenvalue weighted by Gasteiger charge is 2.22. The molecule has 124 valence electrons. The average molecular weight is 324 g/mol. The first-order valence-electron chi connectivity index (χ1n) is 7.73. The molecule has 0 N–H and O–H groups in total. The van der Waals surface area contributed by atoms with Crippen LogP contribution in [-0.2, 0) is 27.2 Å². The largest absolute Gasteiger partial charge is 0.478 e. The van der Waals surface area contributed by atoms with Gasteiger partial charge in [0.1, 0.15) is 18.6 Å². The Hall–Kier alpha value is -2.88. The molecule has 0 saturated carbocycles. The molecule has 0 amide bonds. The van der Waals surface area contributed by atoms with Gasteiger partial charge in [0.15, 0.2) is 6.10 Å². The molecule has 24 heavy (non-hydrogen) atoms. The topological polar surface area (TPSA) is 52.6 Å². The summed E-state index contributed by atoms with van der Waals surface area (Å²) in [6, 6.07) is 16.7. The van der Waals surface area contributed by atoms with Crippen LogP contribution < -0.4 is 4.74 Å². The van der Waals surface area contributed by atoms with Gasteiger partial charge in [-0.1, -0.05) is 55.1 Å². The molecule has 0 saturated heterocycles. The molecule has 0 fully saturated rings. The lowest BCUT2D eigenvalue weighted by Crippen LogP contribution is -2.31. The minimum absolute atomic E-state index is 0.138. The van der Waals surface area contributed by atoms with E-state index in [1.54, 1.807) is 18.2 Å². The summed E-state index contributed by atoms with van der Waals surface area (Å²) < 4.78 is 11.0. The lowest BCUT2D eigenvalue weighted by Gasteiger charge is -2.18. The number of hydrogen-bond acceptors (Lipinski definition) is 4. The van der Waals surface area contributed by atoms with Crippen LogP contribution in [0.5, 0.6) is 5.75 Å². The first-order valence-corrected chi connectivity index (χ1v) is 7.73. The molecule has 4 nitrogen and oxygen atoms in total. The molecule has 0 aromatic heterocycles. The van der Waals surface area contributed by atoms with Crippen LogP contribution in [0.1, 0.15) is 11.1 Å². The van der Waals surface area contributed by atoms with Crippen molar-refractivity contribution in [1.82, 2.24) is 0 Å². The molecule has 0 aliphatic carbocycles. The Kier molecular flexibility index (Phi) is 6.77. The van der Waals surface area contributed by atoms with Crippen molar-refractivity contribution in [3.63, 3.8) is 0 Å². The summed E-state index contributed by atoms with van der Waals surface area (Å²) in [6.07, 6.45) is 2.29. The van der Waals surface area contributed by atoms with Crippen LogP contribution in [-0.4, -0.2) is 25.0 Å². The van der Waals surface area contributed by atoms with Gasteiger partial charge < -0.3 is 14.3 Å². The van der Waals surface area contributed by atoms with Crippen molar-refractivity contribution in [1.29, 1.82) is 0 Å². The Balaban J connectivity index is 2.15. The predicted octanol–water partition coefficient (Wildman–Crippen LogP) is 3.15. The van der Waals surface area contributed by atoms with Gasteiger partial charge in [0.05, 0.1) is 0 Å². The quantitative estimate of drug-likeness (QED) is 0.404. The lowest BCUT2D eigenvalue weighted by atomic mass is 10.1. The Morgan fingerprint density at radius 3 is 2.54 bits per heavy atom. The highest BCUT2D eigenvalue weighted by molar-refractivity contribution is 5.75. The summed E-state index contributed by atoms with van der Waals surface area (Å²) in [6.45, 7) is 3.68. The van der Waals surface area contributed by atoms with Crippen LogP contribution >= 0.6 is 0 Å². The second-order valence-corrected chi connectivity index (χ2v) is 5.23. The van der Waals surface area contributed by atoms with E-state index in [1.807, 2.05) is 36.4 Å². The van der Waals surface area contributed by atoms with Gasteiger partial charge in [0.2, 0.25) is 0 Å². The zero-order chi connectivity index (χ0) is 17.2. The van der Waals surface area contributed by atoms with Gasteiger partial charge in [0, 0.05) is 12.8 Å². The summed E-state index contributed by atoms with van der Waals surface area (Å²) in [7, 11) is 0. The van der Waals surface area contributed by atoms with Gasteiger partial charge in [-0.25, -0.2) is 4.79 Å². The van der Waals surface area contributed by atoms with Crippen LogP contribution in [0.4, 0.5) is 0 Å². The van der Waals surface area contributed by atoms with E-state index in [2.05, 4.69) is 6.58 Å². The van der Waals surface area contributed by atoms with Crippen molar-refractivity contribution in [2.75, 3.05) is 6.61 Å². The van der Waals surface area contributed by atoms with E-state index < -0.39 is 12.1 Å². The smallest absolute Gasteiger partial charge is 0.347 e. The Morgan fingerprint density at radius 1 is 1.08 bits per heavy atom. The fraction of sp³-hybridized carbons (Fsp3) is 0.200. The van der Waals surface area contributed by atoms with E-state index in [0.717, 1.165) is 17.4 Å². The average Bonchev–Trinajstić information content (AvgIpc) is 2.60. The first-order chi connectivity index (χ1) is 11.7. The van der Waals surface area contributed by atoms with Crippen molar-refractivity contribution in [2.45, 2.75) is 18.9 Å². The summed E-state index contributed by atoms with van der Waals surface area (Å²) in [5, 5.41) is 0. The molecule has 2 rings (SSSR count). The van der Waals surface area contributed by atoms with E-state index in [9.17, 15) is 9.59 Å². The fourth-order valence-electron chi connectivity index (χ4n) is 2.24. The molecule has 1 atom stereocenters. The zero-order valence-corrected chi connectivity index (χ0v) is 13.4. The molecule has 4 heteroatoms. The maximum Gasteiger partial charge on any atom is 0.347 e. The van der Waals surface area contributed by atoms with Gasteiger partial charge in [0.25, 0.3) is 0 Å². The number of aldehydes is 1. The highest BCUT2D eigenvalue weighted by atomic mass is 16.6. The minimum Gasteiger partial charge on any atom is -0.478 e. The number of esters is 1. The number of benzene rings is 2. The number of carbonyl (C=O) groups is 2. The molecular weight excluding hydrogens is 304 g/mol. The number of hydrogen-bond donors (Lipinski definition) is 0. The Bertz CT molecular complexity index is 679. The zero-order valence-electron chi connectivity index (χ0n) is 13.4. The van der Waals surface area contributed by atoms with Crippen LogP contribution in [0, 0.1) is 0 Å². The molecule has 2 aromatic rings. The Labute approximate surface area is 141 Å². The molecular formula is C20H20O4. The molecule has 0 radical (unpaired) electrons. The van der Waals surface area contributed by atoms with Crippen molar-refractivity contribution >= 4 is 12.3 Å². The SMILES string of the molecule is C=CCOC(=O)[C@@H](Cc1ccccc1)Oc1cccc(CC=O)c1. The van der Waals surface area contributed by atoms with E-state index in [4.69, 9.17) is 9.47 Å². The molecule has 0 bridgehead atoms. The van der Waals surface area contributed by atoms with Crippen LogP contribution in [0.2, 0.25) is 0 Å². The molecule has 0 spiro atoms. The third-order valence-electron chi connectivity index (χ3n) is 3.37. The van der Waals surface area contributed by atoms with E-state index in [-0.39, 0.29) is 6.61 Å². The van der Waals surface area contributed by atoms with Crippen molar-refractivity contribution in [2.24, 2.45) is 0 Å². The summed E-state index contributed by atoms with van der Waals surface area (Å²) in [4.78, 5) is 22.9. The standard InChI is InChI=1S/C20H20O4/c1-2-13-23-20(22)19(15-16-7-4-3-5-8-16)24-18-10-6-9-17(14-18)11-12-21/h2-10,12,14,19H,1,11,13,15H2/t19-/m1/s1. The minimum atomic E-state index is -0.765. The number of carbonyl (C=O) groups excluding carboxylic acids is 2. The third kappa shape index (κ3) is 5.39. The summed E-state index contributed by atoms with van der Waals surface area (Å²) in [5.74, 6) is 0.0883. The van der Waals surface area contributed by atoms with E-state index >= 15 is 0 Å². The summed E-state index contributed by atoms with van der Waals surface area (Å²) in [5.41, 5.74) is 1.81. The molecule has 0 aliphatic heterocycles. The van der Waals surface area contributed by atoms with Crippen molar-refractivity contribution < 1.29 is 19.1 Å². The van der Waals surface area contributed by atoms with Gasteiger partial charge in [-0.2, -0.15) is 0 Å². The van der Waals surface area contributed by atoms with Gasteiger partial charge >= 0.3 is 5.97 Å². The molecule has 2 aromatic carbocycles. The maximum absolute atomic E-state index is 12.3. The van der Waals surface area contributed by atoms with Crippen LogP contribution in [0.3, 0.4) is 0 Å². The molecule has 0 aliphatic rings. The van der Waals surface area contributed by atoms with Crippen LogP contribution in [0.15, 0.2) is 67.3 Å². The molecule has 0 unspecified atom stereocenters. The first kappa shape index (κ1) is 17.5. The highest BCUT2D eigenvalue weighted by Crippen LogP contribution is 2.18. The lowest BCUT2D eigenvalue weighted by molar-refractivity contribution is -0.150. The maximum atomic E-state index is 12.3. The van der Waals surface area contributed by atoms with E-state index in [1.165, 1.54) is 6.08 Å². The monoisotopic (exact) mass is 324 g/mol. The number of rotatable bonds is 9. The van der Waals surface area contributed by atoms with Gasteiger partial charge in [-0.15, -0.1) is 0 Å². The Morgan fingerprint density at radius 2 is 1.83 bits per heavy atom. The normalized spacial score (nSPS) is 11.3. The van der Waals surface area contributed by atoms with Gasteiger partial charge in [-0.05, 0) is 23.3 Å². The molecule has 0 heterocycles.